The molecule has 2 unspecified atom stereocenters. The summed E-state index contributed by atoms with van der Waals surface area (Å²) >= 11 is 1.37. The first-order valence-electron chi connectivity index (χ1n) is 11.4. The van der Waals surface area contributed by atoms with E-state index < -0.39 is 5.97 Å². The topological polar surface area (TPSA) is 81.3 Å². The van der Waals surface area contributed by atoms with E-state index in [-0.39, 0.29) is 11.5 Å². The second-order valence-electron chi connectivity index (χ2n) is 8.76. The number of aryl methyl sites for hydroxylation is 1. The van der Waals surface area contributed by atoms with Crippen LogP contribution in [0.25, 0.3) is 0 Å². The molecular formula is C24H37NO3S. The number of aliphatic hydroxyl groups is 1. The fourth-order valence-corrected chi connectivity index (χ4v) is 5.81. The van der Waals surface area contributed by atoms with Gasteiger partial charge in [-0.15, -0.1) is 11.3 Å². The molecule has 0 saturated heterocycles. The number of nitrogens with zero attached hydrogens (tertiary/aromatic N) is 1. The number of carboxylic acid groups (broad SMARTS) is 1. The number of hydrogen-bond acceptors (Lipinski definition) is 4. The number of thiophene rings is 1. The molecule has 1 aromatic rings. The van der Waals surface area contributed by atoms with Gasteiger partial charge in [0.05, 0.1) is 12.2 Å². The van der Waals surface area contributed by atoms with Crippen LogP contribution in [0, 0.1) is 28.6 Å². The van der Waals surface area contributed by atoms with Crippen molar-refractivity contribution >= 4 is 17.3 Å². The summed E-state index contributed by atoms with van der Waals surface area (Å²) in [6.07, 6.45) is 13.6. The molecule has 2 aliphatic rings. The first-order chi connectivity index (χ1) is 14.0. The van der Waals surface area contributed by atoms with Crippen LogP contribution in [0.4, 0.5) is 0 Å². The number of rotatable bonds is 9. The van der Waals surface area contributed by atoms with E-state index in [2.05, 4.69) is 19.9 Å². The summed E-state index contributed by atoms with van der Waals surface area (Å²) < 4.78 is 0. The maximum Gasteiger partial charge on any atom is 0.345 e. The highest BCUT2D eigenvalue weighted by atomic mass is 32.1. The van der Waals surface area contributed by atoms with E-state index >= 15 is 0 Å². The molecule has 2 fully saturated rings. The molecule has 0 spiro atoms. The molecule has 0 bridgehead atoms. The summed E-state index contributed by atoms with van der Waals surface area (Å²) in [7, 11) is 0. The molecule has 0 amide bonds. The zero-order valence-electron chi connectivity index (χ0n) is 18.0. The van der Waals surface area contributed by atoms with E-state index in [0.29, 0.717) is 16.7 Å². The van der Waals surface area contributed by atoms with Crippen LogP contribution in [0.2, 0.25) is 0 Å². The number of aromatic carboxylic acids is 1. The van der Waals surface area contributed by atoms with Crippen LogP contribution in [-0.2, 0) is 6.42 Å². The van der Waals surface area contributed by atoms with Crippen molar-refractivity contribution in [1.29, 1.82) is 5.26 Å². The summed E-state index contributed by atoms with van der Waals surface area (Å²) in [6.45, 7) is 4.30. The van der Waals surface area contributed by atoms with Crippen LogP contribution < -0.4 is 0 Å². The Balaban J connectivity index is 0.000000234. The van der Waals surface area contributed by atoms with Gasteiger partial charge in [0.15, 0.2) is 0 Å². The van der Waals surface area contributed by atoms with Crippen LogP contribution >= 0.6 is 11.3 Å². The van der Waals surface area contributed by atoms with Crippen molar-refractivity contribution in [2.45, 2.75) is 97.0 Å². The monoisotopic (exact) mass is 419 g/mol. The van der Waals surface area contributed by atoms with Crippen LogP contribution in [0.3, 0.4) is 0 Å². The van der Waals surface area contributed by atoms with Crippen molar-refractivity contribution in [3.05, 3.63) is 21.9 Å². The van der Waals surface area contributed by atoms with Gasteiger partial charge in [0.25, 0.3) is 0 Å². The second kappa shape index (κ2) is 11.7. The second-order valence-corrected chi connectivity index (χ2v) is 9.93. The predicted molar refractivity (Wildman–Crippen MR) is 118 cm³/mol. The molecule has 0 radical (unpaired) electrons. The zero-order valence-corrected chi connectivity index (χ0v) is 18.8. The predicted octanol–water partition coefficient (Wildman–Crippen LogP) is 6.44. The lowest BCUT2D eigenvalue weighted by atomic mass is 9.62. The fraction of sp³-hybridized carbons (Fsp3) is 0.750. The van der Waals surface area contributed by atoms with Crippen molar-refractivity contribution in [3.63, 3.8) is 0 Å². The van der Waals surface area contributed by atoms with Gasteiger partial charge < -0.3 is 10.2 Å². The van der Waals surface area contributed by atoms with Gasteiger partial charge >= 0.3 is 5.97 Å². The van der Waals surface area contributed by atoms with Crippen LogP contribution in [0.5, 0.6) is 0 Å². The molecule has 29 heavy (non-hydrogen) atoms. The third kappa shape index (κ3) is 6.55. The molecule has 2 saturated carbocycles. The highest BCUT2D eigenvalue weighted by Gasteiger charge is 2.41. The molecule has 1 aromatic heterocycles. The number of hydrogen-bond donors (Lipinski definition) is 2. The molecule has 4 nitrogen and oxygen atoms in total. The minimum atomic E-state index is -0.822. The first kappa shape index (κ1) is 23.9. The largest absolute Gasteiger partial charge is 0.477 e. The normalized spacial score (nSPS) is 23.4. The Morgan fingerprint density at radius 2 is 2.07 bits per heavy atom. The molecule has 1 heterocycles. The quantitative estimate of drug-likeness (QED) is 0.483. The lowest BCUT2D eigenvalue weighted by Gasteiger charge is -2.45. The van der Waals surface area contributed by atoms with Crippen molar-refractivity contribution in [3.8, 4) is 6.07 Å². The Hall–Kier alpha value is -1.38. The summed E-state index contributed by atoms with van der Waals surface area (Å²) in [6, 6.07) is 6.00. The maximum atomic E-state index is 10.4. The van der Waals surface area contributed by atoms with Crippen molar-refractivity contribution in [2.24, 2.45) is 17.3 Å². The summed E-state index contributed by atoms with van der Waals surface area (Å²) in [4.78, 5) is 12.0. The van der Waals surface area contributed by atoms with Crippen LogP contribution in [0.15, 0.2) is 12.1 Å². The minimum absolute atomic E-state index is 0.0989. The number of nitriles is 1. The molecule has 0 aliphatic heterocycles. The third-order valence-corrected chi connectivity index (χ3v) is 8.14. The van der Waals surface area contributed by atoms with Gasteiger partial charge in [-0.3, -0.25) is 0 Å². The highest BCUT2D eigenvalue weighted by molar-refractivity contribution is 7.13. The SMILES string of the molecule is CCC1(C(O)CCCC2CCC[C@@H]2C#N)CCC1.CCCc1ccc(C(=O)O)s1. The van der Waals surface area contributed by atoms with E-state index in [1.807, 2.05) is 6.07 Å². The molecule has 2 N–H and O–H groups in total. The van der Waals surface area contributed by atoms with E-state index in [1.165, 1.54) is 43.4 Å². The standard InChI is InChI=1S/C16H27NO.C8H10O2S/c1-2-16(10-5-11-16)15(18)9-4-7-13-6-3-8-14(13)12-17;1-2-3-6-4-5-7(11-6)8(9)10/h13-15,18H,2-11H2,1H3;4-5H,2-3H2,1H3,(H,9,10)/t13?,14-,15?;/m1./s1. The Bertz CT molecular complexity index is 668. The first-order valence-corrected chi connectivity index (χ1v) is 12.2. The van der Waals surface area contributed by atoms with Gasteiger partial charge in [-0.05, 0) is 74.8 Å². The van der Waals surface area contributed by atoms with Gasteiger partial charge in [-0.25, -0.2) is 4.79 Å². The Morgan fingerprint density at radius 1 is 1.31 bits per heavy atom. The summed E-state index contributed by atoms with van der Waals surface area (Å²) in [5.74, 6) is 0.0875. The molecule has 0 aromatic carbocycles. The molecule has 162 valence electrons. The van der Waals surface area contributed by atoms with E-state index in [0.717, 1.165) is 49.8 Å². The number of carboxylic acids is 1. The average Bonchev–Trinajstić information content (AvgIpc) is 3.31. The van der Waals surface area contributed by atoms with E-state index in [1.54, 1.807) is 6.07 Å². The molecule has 2 aliphatic carbocycles. The van der Waals surface area contributed by atoms with E-state index in [9.17, 15) is 9.90 Å². The van der Waals surface area contributed by atoms with Crippen molar-refractivity contribution < 1.29 is 15.0 Å². The Kier molecular flexibility index (Phi) is 9.65. The number of aliphatic hydroxyl groups excluding tert-OH is 1. The maximum absolute atomic E-state index is 10.4. The fourth-order valence-electron chi connectivity index (χ4n) is 4.86. The number of carbonyl (C=O) groups is 1. The van der Waals surface area contributed by atoms with Gasteiger partial charge in [0.1, 0.15) is 4.88 Å². The van der Waals surface area contributed by atoms with Gasteiger partial charge in [0.2, 0.25) is 0 Å². The lowest BCUT2D eigenvalue weighted by Crippen LogP contribution is -2.40. The molecule has 3 atom stereocenters. The van der Waals surface area contributed by atoms with Gasteiger partial charge in [-0.1, -0.05) is 39.5 Å². The van der Waals surface area contributed by atoms with Gasteiger partial charge in [0, 0.05) is 10.8 Å². The zero-order chi connectivity index (χ0) is 21.3. The Labute approximate surface area is 180 Å². The van der Waals surface area contributed by atoms with Gasteiger partial charge in [-0.2, -0.15) is 5.26 Å². The summed E-state index contributed by atoms with van der Waals surface area (Å²) in [5.41, 5.74) is 0.254. The van der Waals surface area contributed by atoms with Crippen LogP contribution in [-0.4, -0.2) is 22.3 Å². The minimum Gasteiger partial charge on any atom is -0.477 e. The molecule has 5 heteroatoms. The highest BCUT2D eigenvalue weighted by Crippen LogP contribution is 2.48. The lowest BCUT2D eigenvalue weighted by molar-refractivity contribution is -0.0436. The smallest absolute Gasteiger partial charge is 0.345 e. The van der Waals surface area contributed by atoms with E-state index in [4.69, 9.17) is 10.4 Å². The third-order valence-electron chi connectivity index (χ3n) is 7.01. The van der Waals surface area contributed by atoms with Crippen molar-refractivity contribution in [2.75, 3.05) is 0 Å². The Morgan fingerprint density at radius 3 is 2.59 bits per heavy atom. The van der Waals surface area contributed by atoms with Crippen molar-refractivity contribution in [1.82, 2.24) is 0 Å². The molecule has 3 rings (SSSR count). The average molecular weight is 420 g/mol. The van der Waals surface area contributed by atoms with Crippen LogP contribution in [0.1, 0.15) is 99.0 Å². The molecular weight excluding hydrogens is 382 g/mol. The summed E-state index contributed by atoms with van der Waals surface area (Å²) in [5, 5.41) is 28.0.